The quantitative estimate of drug-likeness (QED) is 0.701. The molecule has 0 spiro atoms. The molecule has 1 rings (SSSR count). The van der Waals surface area contributed by atoms with E-state index in [2.05, 4.69) is 5.32 Å². The molecule has 0 saturated carbocycles. The Labute approximate surface area is 108 Å². The molecular formula is C12H23N3O3. The van der Waals surface area contributed by atoms with Crippen molar-refractivity contribution in [3.63, 3.8) is 0 Å². The highest BCUT2D eigenvalue weighted by atomic mass is 16.4. The highest BCUT2D eigenvalue weighted by Gasteiger charge is 2.36. The summed E-state index contributed by atoms with van der Waals surface area (Å²) in [5, 5.41) is 12.5. The number of hydrogen-bond acceptors (Lipinski definition) is 4. The fraction of sp³-hybridized carbons (Fsp3) is 0.833. The Morgan fingerprint density at radius 3 is 2.67 bits per heavy atom. The maximum Gasteiger partial charge on any atom is 0.320 e. The largest absolute Gasteiger partial charge is 0.480 e. The number of aliphatic carboxylic acids is 1. The Balaban J connectivity index is 2.86. The van der Waals surface area contributed by atoms with E-state index in [1.165, 1.54) is 4.90 Å². The Morgan fingerprint density at radius 2 is 2.17 bits per heavy atom. The molecule has 0 bridgehead atoms. The van der Waals surface area contributed by atoms with Gasteiger partial charge in [-0.3, -0.25) is 14.5 Å². The molecule has 2 N–H and O–H groups in total. The molecule has 6 nitrogen and oxygen atoms in total. The van der Waals surface area contributed by atoms with Crippen molar-refractivity contribution in [3.8, 4) is 0 Å². The minimum atomic E-state index is -0.838. The number of carbonyl (C=O) groups excluding carboxylic acids is 1. The van der Waals surface area contributed by atoms with Gasteiger partial charge in [0.05, 0.1) is 0 Å². The second-order valence-electron chi connectivity index (χ2n) is 4.83. The van der Waals surface area contributed by atoms with Crippen LogP contribution in [0.2, 0.25) is 0 Å². The van der Waals surface area contributed by atoms with Crippen molar-refractivity contribution in [2.45, 2.75) is 31.8 Å². The molecule has 0 radical (unpaired) electrons. The SMILES string of the molecule is CCCC(C(=O)O)N1CCNCC1C(=O)N(C)C. The number of amides is 1. The third kappa shape index (κ3) is 3.43. The Kier molecular flexibility index (Phi) is 5.55. The summed E-state index contributed by atoms with van der Waals surface area (Å²) in [5.41, 5.74) is 0. The van der Waals surface area contributed by atoms with Gasteiger partial charge in [0.1, 0.15) is 12.1 Å². The number of nitrogens with one attached hydrogen (secondary N) is 1. The number of carboxylic acids is 1. The predicted octanol–water partition coefficient (Wildman–Crippen LogP) is -0.398. The van der Waals surface area contributed by atoms with Gasteiger partial charge in [-0.05, 0) is 6.42 Å². The van der Waals surface area contributed by atoms with Gasteiger partial charge in [0.25, 0.3) is 0 Å². The number of rotatable bonds is 5. The van der Waals surface area contributed by atoms with Crippen LogP contribution in [0.5, 0.6) is 0 Å². The zero-order valence-corrected chi connectivity index (χ0v) is 11.3. The first-order valence-corrected chi connectivity index (χ1v) is 6.39. The molecule has 104 valence electrons. The van der Waals surface area contributed by atoms with Gasteiger partial charge in [0.15, 0.2) is 0 Å². The summed E-state index contributed by atoms with van der Waals surface area (Å²) in [7, 11) is 3.40. The summed E-state index contributed by atoms with van der Waals surface area (Å²) in [4.78, 5) is 26.8. The van der Waals surface area contributed by atoms with Crippen LogP contribution >= 0.6 is 0 Å². The average Bonchev–Trinajstić information content (AvgIpc) is 2.34. The third-order valence-electron chi connectivity index (χ3n) is 3.26. The van der Waals surface area contributed by atoms with Gasteiger partial charge in [-0.15, -0.1) is 0 Å². The molecule has 1 heterocycles. The molecular weight excluding hydrogens is 234 g/mol. The van der Waals surface area contributed by atoms with Crippen LogP contribution in [0.1, 0.15) is 19.8 Å². The van der Waals surface area contributed by atoms with Gasteiger partial charge >= 0.3 is 5.97 Å². The van der Waals surface area contributed by atoms with E-state index in [9.17, 15) is 14.7 Å². The van der Waals surface area contributed by atoms with E-state index in [0.29, 0.717) is 19.5 Å². The van der Waals surface area contributed by atoms with E-state index < -0.39 is 12.0 Å². The maximum atomic E-state index is 12.1. The van der Waals surface area contributed by atoms with Crippen molar-refractivity contribution in [3.05, 3.63) is 0 Å². The molecule has 1 amide bonds. The lowest BCUT2D eigenvalue weighted by Gasteiger charge is -2.39. The van der Waals surface area contributed by atoms with Crippen LogP contribution in [0.3, 0.4) is 0 Å². The van der Waals surface area contributed by atoms with Gasteiger partial charge in [-0.2, -0.15) is 0 Å². The second-order valence-corrected chi connectivity index (χ2v) is 4.83. The molecule has 0 aliphatic carbocycles. The normalized spacial score (nSPS) is 22.5. The zero-order chi connectivity index (χ0) is 13.7. The van der Waals surface area contributed by atoms with Crippen molar-refractivity contribution in [2.24, 2.45) is 0 Å². The highest BCUT2D eigenvalue weighted by Crippen LogP contribution is 2.15. The van der Waals surface area contributed by atoms with E-state index in [0.717, 1.165) is 13.0 Å². The van der Waals surface area contributed by atoms with Gasteiger partial charge in [-0.25, -0.2) is 0 Å². The van der Waals surface area contributed by atoms with Gasteiger partial charge in [-0.1, -0.05) is 13.3 Å². The number of likely N-dealkylation sites (N-methyl/N-ethyl adjacent to an activating group) is 1. The first-order valence-electron chi connectivity index (χ1n) is 6.39. The fourth-order valence-corrected chi connectivity index (χ4v) is 2.32. The Bertz CT molecular complexity index is 307. The number of hydrogen-bond donors (Lipinski definition) is 2. The van der Waals surface area contributed by atoms with Crippen molar-refractivity contribution in [2.75, 3.05) is 33.7 Å². The van der Waals surface area contributed by atoms with E-state index >= 15 is 0 Å². The van der Waals surface area contributed by atoms with Crippen LogP contribution in [-0.2, 0) is 9.59 Å². The van der Waals surface area contributed by atoms with Crippen LogP contribution in [0, 0.1) is 0 Å². The number of nitrogens with zero attached hydrogens (tertiary/aromatic N) is 2. The van der Waals surface area contributed by atoms with Crippen molar-refractivity contribution >= 4 is 11.9 Å². The third-order valence-corrected chi connectivity index (χ3v) is 3.26. The van der Waals surface area contributed by atoms with E-state index in [1.54, 1.807) is 14.1 Å². The average molecular weight is 257 g/mol. The van der Waals surface area contributed by atoms with E-state index in [1.807, 2.05) is 11.8 Å². The monoisotopic (exact) mass is 257 g/mol. The maximum absolute atomic E-state index is 12.1. The highest BCUT2D eigenvalue weighted by molar-refractivity contribution is 5.83. The van der Waals surface area contributed by atoms with Crippen LogP contribution in [0.15, 0.2) is 0 Å². The number of piperazine rings is 1. The molecule has 18 heavy (non-hydrogen) atoms. The lowest BCUT2D eigenvalue weighted by Crippen LogP contribution is -2.62. The zero-order valence-electron chi connectivity index (χ0n) is 11.3. The van der Waals surface area contributed by atoms with Crippen molar-refractivity contribution in [1.82, 2.24) is 15.1 Å². The predicted molar refractivity (Wildman–Crippen MR) is 68.4 cm³/mol. The first-order chi connectivity index (χ1) is 8.49. The van der Waals surface area contributed by atoms with Gasteiger partial charge in [0.2, 0.25) is 5.91 Å². The molecule has 0 aromatic carbocycles. The van der Waals surface area contributed by atoms with Crippen LogP contribution in [0.25, 0.3) is 0 Å². The smallest absolute Gasteiger partial charge is 0.320 e. The molecule has 0 aromatic rings. The van der Waals surface area contributed by atoms with Crippen LogP contribution in [0.4, 0.5) is 0 Å². The summed E-state index contributed by atoms with van der Waals surface area (Å²) >= 11 is 0. The molecule has 1 aliphatic heterocycles. The fourth-order valence-electron chi connectivity index (χ4n) is 2.32. The summed E-state index contributed by atoms with van der Waals surface area (Å²) in [6.45, 7) is 3.80. The van der Waals surface area contributed by atoms with Crippen LogP contribution in [-0.4, -0.2) is 72.6 Å². The summed E-state index contributed by atoms with van der Waals surface area (Å²) in [6, 6.07) is -0.938. The van der Waals surface area contributed by atoms with Crippen molar-refractivity contribution in [1.29, 1.82) is 0 Å². The van der Waals surface area contributed by atoms with Gasteiger partial charge in [0, 0.05) is 33.7 Å². The van der Waals surface area contributed by atoms with E-state index in [4.69, 9.17) is 0 Å². The van der Waals surface area contributed by atoms with Crippen molar-refractivity contribution < 1.29 is 14.7 Å². The summed E-state index contributed by atoms with van der Waals surface area (Å²) < 4.78 is 0. The Hall–Kier alpha value is -1.14. The molecule has 1 aliphatic rings. The van der Waals surface area contributed by atoms with Gasteiger partial charge < -0.3 is 15.3 Å². The summed E-state index contributed by atoms with van der Waals surface area (Å²) in [5.74, 6) is -0.875. The standard InChI is InChI=1S/C12H23N3O3/c1-4-5-9(12(17)18)15-7-6-13-8-10(15)11(16)14(2)3/h9-10,13H,4-8H2,1-3H3,(H,17,18). The topological polar surface area (TPSA) is 72.9 Å². The minimum absolute atomic E-state index is 0.0375. The molecule has 2 atom stereocenters. The molecule has 2 unspecified atom stereocenters. The molecule has 1 fully saturated rings. The van der Waals surface area contributed by atoms with Crippen LogP contribution < -0.4 is 5.32 Å². The minimum Gasteiger partial charge on any atom is -0.480 e. The Morgan fingerprint density at radius 1 is 1.50 bits per heavy atom. The first kappa shape index (κ1) is 14.9. The number of carboxylic acid groups (broad SMARTS) is 1. The molecule has 0 aromatic heterocycles. The summed E-state index contributed by atoms with van der Waals surface area (Å²) in [6.07, 6.45) is 1.37. The molecule has 6 heteroatoms. The molecule has 1 saturated heterocycles. The second kappa shape index (κ2) is 6.70. The lowest BCUT2D eigenvalue weighted by atomic mass is 10.0. The van der Waals surface area contributed by atoms with E-state index in [-0.39, 0.29) is 11.9 Å². The number of carbonyl (C=O) groups is 2. The lowest BCUT2D eigenvalue weighted by molar-refractivity contribution is -0.148.